The molecule has 0 heterocycles. The molecule has 0 aliphatic rings. The Balaban J connectivity index is 0.00000361. The Morgan fingerprint density at radius 3 is 2.60 bits per heavy atom. The predicted octanol–water partition coefficient (Wildman–Crippen LogP) is 1.40. The first-order valence-electron chi connectivity index (χ1n) is 5.91. The molecule has 5 nitrogen and oxygen atoms in total. The molecule has 0 saturated carbocycles. The fourth-order valence-corrected chi connectivity index (χ4v) is 2.47. The molecule has 0 spiro atoms. The number of nitrogens with zero attached hydrogens (tertiary/aromatic N) is 1. The second-order valence-electron chi connectivity index (χ2n) is 3.90. The van der Waals surface area contributed by atoms with E-state index in [0.29, 0.717) is 6.54 Å². The number of rotatable bonds is 7. The van der Waals surface area contributed by atoms with Gasteiger partial charge in [0.1, 0.15) is 11.9 Å². The number of nitriles is 1. The predicted molar refractivity (Wildman–Crippen MR) is 76.7 cm³/mol. The minimum atomic E-state index is -3.70. The summed E-state index contributed by atoms with van der Waals surface area (Å²) < 4.78 is 39.2. The van der Waals surface area contributed by atoms with Gasteiger partial charge in [-0.05, 0) is 31.2 Å². The molecule has 0 bridgehead atoms. The lowest BCUT2D eigenvalue weighted by Crippen LogP contribution is -2.32. The maximum Gasteiger partial charge on any atom is 0.240 e. The van der Waals surface area contributed by atoms with Crippen LogP contribution < -0.4 is 10.0 Å². The van der Waals surface area contributed by atoms with Crippen molar-refractivity contribution in [3.63, 3.8) is 0 Å². The molecule has 0 atom stereocenters. The first-order valence-corrected chi connectivity index (χ1v) is 7.39. The zero-order chi connectivity index (χ0) is 14.3. The highest BCUT2D eigenvalue weighted by Gasteiger charge is 2.15. The van der Waals surface area contributed by atoms with Crippen LogP contribution in [-0.4, -0.2) is 28.1 Å². The van der Waals surface area contributed by atoms with Gasteiger partial charge in [-0.2, -0.15) is 5.26 Å². The van der Waals surface area contributed by atoms with Gasteiger partial charge in [-0.1, -0.05) is 6.92 Å². The Bertz CT molecular complexity index is 573. The van der Waals surface area contributed by atoms with Crippen molar-refractivity contribution in [2.75, 3.05) is 19.6 Å². The van der Waals surface area contributed by atoms with Crippen LogP contribution in [0, 0.1) is 17.1 Å². The van der Waals surface area contributed by atoms with E-state index in [1.807, 2.05) is 6.92 Å². The molecule has 1 aromatic carbocycles. The van der Waals surface area contributed by atoms with Gasteiger partial charge in [0.2, 0.25) is 10.0 Å². The van der Waals surface area contributed by atoms with Gasteiger partial charge in [0, 0.05) is 13.1 Å². The Morgan fingerprint density at radius 1 is 1.30 bits per heavy atom. The third-order valence-corrected chi connectivity index (χ3v) is 3.85. The Kier molecular flexibility index (Phi) is 8.34. The Hall–Kier alpha value is -1.20. The van der Waals surface area contributed by atoms with Crippen LogP contribution >= 0.6 is 12.4 Å². The van der Waals surface area contributed by atoms with E-state index >= 15 is 0 Å². The summed E-state index contributed by atoms with van der Waals surface area (Å²) in [6, 6.07) is 4.75. The quantitative estimate of drug-likeness (QED) is 0.744. The van der Waals surface area contributed by atoms with Crippen LogP contribution in [0.25, 0.3) is 0 Å². The van der Waals surface area contributed by atoms with E-state index in [1.165, 1.54) is 0 Å². The first-order chi connectivity index (χ1) is 9.01. The molecule has 0 aliphatic heterocycles. The van der Waals surface area contributed by atoms with Crippen molar-refractivity contribution in [1.29, 1.82) is 5.26 Å². The number of sulfonamides is 1. The SMILES string of the molecule is CCCNCCNS(=O)(=O)c1ccc(F)c(C#N)c1.Cl. The van der Waals surface area contributed by atoms with Crippen LogP contribution in [0.15, 0.2) is 23.1 Å². The molecular formula is C12H17ClFN3O2S. The van der Waals surface area contributed by atoms with Gasteiger partial charge in [-0.3, -0.25) is 0 Å². The topological polar surface area (TPSA) is 82.0 Å². The van der Waals surface area contributed by atoms with Crippen LogP contribution in [0.5, 0.6) is 0 Å². The molecule has 0 unspecified atom stereocenters. The molecular weight excluding hydrogens is 305 g/mol. The molecule has 1 rings (SSSR count). The number of benzene rings is 1. The highest BCUT2D eigenvalue weighted by atomic mass is 35.5. The molecule has 2 N–H and O–H groups in total. The van der Waals surface area contributed by atoms with E-state index in [2.05, 4.69) is 10.0 Å². The zero-order valence-electron chi connectivity index (χ0n) is 11.0. The van der Waals surface area contributed by atoms with E-state index in [4.69, 9.17) is 5.26 Å². The van der Waals surface area contributed by atoms with Crippen LogP contribution in [0.1, 0.15) is 18.9 Å². The Labute approximate surface area is 124 Å². The van der Waals surface area contributed by atoms with Crippen molar-refractivity contribution in [1.82, 2.24) is 10.0 Å². The Morgan fingerprint density at radius 2 is 2.00 bits per heavy atom. The number of nitrogens with one attached hydrogen (secondary N) is 2. The lowest BCUT2D eigenvalue weighted by molar-refractivity contribution is 0.574. The van der Waals surface area contributed by atoms with Gasteiger partial charge < -0.3 is 5.32 Å². The van der Waals surface area contributed by atoms with Gasteiger partial charge in [-0.15, -0.1) is 12.4 Å². The molecule has 0 fully saturated rings. The van der Waals surface area contributed by atoms with Gasteiger partial charge >= 0.3 is 0 Å². The van der Waals surface area contributed by atoms with Gasteiger partial charge in [0.25, 0.3) is 0 Å². The number of halogens is 2. The zero-order valence-corrected chi connectivity index (χ0v) is 12.7. The summed E-state index contributed by atoms with van der Waals surface area (Å²) >= 11 is 0. The van der Waals surface area contributed by atoms with Gasteiger partial charge in [0.15, 0.2) is 0 Å². The molecule has 0 aliphatic carbocycles. The lowest BCUT2D eigenvalue weighted by atomic mass is 10.2. The third-order valence-electron chi connectivity index (χ3n) is 2.39. The van der Waals surface area contributed by atoms with E-state index < -0.39 is 15.8 Å². The second-order valence-corrected chi connectivity index (χ2v) is 5.67. The van der Waals surface area contributed by atoms with Crippen molar-refractivity contribution in [3.05, 3.63) is 29.6 Å². The second kappa shape index (κ2) is 8.87. The fourth-order valence-electron chi connectivity index (χ4n) is 1.42. The summed E-state index contributed by atoms with van der Waals surface area (Å²) in [6.45, 7) is 3.58. The lowest BCUT2D eigenvalue weighted by Gasteiger charge is -2.07. The van der Waals surface area contributed by atoms with Crippen LogP contribution in [0.3, 0.4) is 0 Å². The molecule has 0 aromatic heterocycles. The minimum Gasteiger partial charge on any atom is -0.315 e. The monoisotopic (exact) mass is 321 g/mol. The van der Waals surface area contributed by atoms with Gasteiger partial charge in [-0.25, -0.2) is 17.5 Å². The van der Waals surface area contributed by atoms with Crippen molar-refractivity contribution in [2.45, 2.75) is 18.2 Å². The fraction of sp³-hybridized carbons (Fsp3) is 0.417. The maximum absolute atomic E-state index is 13.1. The van der Waals surface area contributed by atoms with Crippen LogP contribution in [0.2, 0.25) is 0 Å². The molecule has 20 heavy (non-hydrogen) atoms. The standard InChI is InChI=1S/C12H16FN3O2S.ClH/c1-2-5-15-6-7-16-19(17,18)11-3-4-12(13)10(8-11)9-14;/h3-4,8,15-16H,2,5-7H2,1H3;1H. The van der Waals surface area contributed by atoms with Crippen molar-refractivity contribution >= 4 is 22.4 Å². The first kappa shape index (κ1) is 18.8. The number of hydrogen-bond acceptors (Lipinski definition) is 4. The number of hydrogen-bond donors (Lipinski definition) is 2. The highest BCUT2D eigenvalue weighted by molar-refractivity contribution is 7.89. The van der Waals surface area contributed by atoms with Crippen molar-refractivity contribution < 1.29 is 12.8 Å². The maximum atomic E-state index is 13.1. The summed E-state index contributed by atoms with van der Waals surface area (Å²) in [5.41, 5.74) is -0.285. The summed E-state index contributed by atoms with van der Waals surface area (Å²) in [5.74, 6) is -0.730. The van der Waals surface area contributed by atoms with E-state index in [1.54, 1.807) is 6.07 Å². The molecule has 0 saturated heterocycles. The normalized spacial score (nSPS) is 10.7. The van der Waals surface area contributed by atoms with E-state index in [9.17, 15) is 12.8 Å². The van der Waals surface area contributed by atoms with Gasteiger partial charge in [0.05, 0.1) is 10.5 Å². The minimum absolute atomic E-state index is 0. The van der Waals surface area contributed by atoms with Crippen molar-refractivity contribution in [2.24, 2.45) is 0 Å². The van der Waals surface area contributed by atoms with Crippen molar-refractivity contribution in [3.8, 4) is 6.07 Å². The smallest absolute Gasteiger partial charge is 0.240 e. The van der Waals surface area contributed by atoms with E-state index in [0.717, 1.165) is 31.2 Å². The van der Waals surface area contributed by atoms with Crippen LogP contribution in [-0.2, 0) is 10.0 Å². The molecule has 112 valence electrons. The average Bonchev–Trinajstić information content (AvgIpc) is 2.38. The summed E-state index contributed by atoms with van der Waals surface area (Å²) in [7, 11) is -3.70. The molecule has 0 amide bonds. The molecule has 1 aromatic rings. The molecule has 0 radical (unpaired) electrons. The largest absolute Gasteiger partial charge is 0.315 e. The van der Waals surface area contributed by atoms with Crippen LogP contribution in [0.4, 0.5) is 4.39 Å². The molecule has 8 heteroatoms. The average molecular weight is 322 g/mol. The summed E-state index contributed by atoms with van der Waals surface area (Å²) in [6.07, 6.45) is 0.968. The van der Waals surface area contributed by atoms with E-state index in [-0.39, 0.29) is 29.4 Å². The third kappa shape index (κ3) is 5.43. The highest BCUT2D eigenvalue weighted by Crippen LogP contribution is 2.13. The summed E-state index contributed by atoms with van der Waals surface area (Å²) in [4.78, 5) is -0.110. The summed E-state index contributed by atoms with van der Waals surface area (Å²) in [5, 5.41) is 11.7.